The van der Waals surface area contributed by atoms with Gasteiger partial charge in [0.25, 0.3) is 0 Å². The lowest BCUT2D eigenvalue weighted by Gasteiger charge is -2.10. The fourth-order valence-corrected chi connectivity index (χ4v) is 2.59. The SMILES string of the molecule is N/C(=N/O)c1ccc(OCc2ccc(Br)cc2Cl)c(Cl)c1. The number of benzene rings is 2. The molecule has 0 radical (unpaired) electrons. The van der Waals surface area contributed by atoms with Crippen molar-refractivity contribution in [2.45, 2.75) is 6.61 Å². The van der Waals surface area contributed by atoms with E-state index < -0.39 is 0 Å². The molecular weight excluding hydrogens is 379 g/mol. The summed E-state index contributed by atoms with van der Waals surface area (Å²) in [5.74, 6) is 0.476. The summed E-state index contributed by atoms with van der Waals surface area (Å²) in [7, 11) is 0. The van der Waals surface area contributed by atoms with E-state index in [1.54, 1.807) is 24.3 Å². The quantitative estimate of drug-likeness (QED) is 0.351. The zero-order chi connectivity index (χ0) is 15.4. The van der Waals surface area contributed by atoms with Crippen molar-refractivity contribution in [3.05, 3.63) is 62.0 Å². The van der Waals surface area contributed by atoms with E-state index in [0.717, 1.165) is 10.0 Å². The summed E-state index contributed by atoms with van der Waals surface area (Å²) >= 11 is 15.6. The van der Waals surface area contributed by atoms with E-state index in [9.17, 15) is 0 Å². The Bertz CT molecular complexity index is 693. The number of ether oxygens (including phenoxy) is 1. The Morgan fingerprint density at radius 3 is 2.57 bits per heavy atom. The van der Waals surface area contributed by atoms with Crippen molar-refractivity contribution < 1.29 is 9.94 Å². The van der Waals surface area contributed by atoms with Crippen molar-refractivity contribution >= 4 is 45.0 Å². The zero-order valence-electron chi connectivity index (χ0n) is 10.7. The predicted molar refractivity (Wildman–Crippen MR) is 87.4 cm³/mol. The van der Waals surface area contributed by atoms with Crippen LogP contribution in [0.5, 0.6) is 5.75 Å². The van der Waals surface area contributed by atoms with Crippen LogP contribution in [0, 0.1) is 0 Å². The van der Waals surface area contributed by atoms with E-state index in [1.165, 1.54) is 0 Å². The van der Waals surface area contributed by atoms with Gasteiger partial charge in [0, 0.05) is 20.6 Å². The van der Waals surface area contributed by atoms with E-state index in [1.807, 2.05) is 12.1 Å². The van der Waals surface area contributed by atoms with Crippen LogP contribution in [-0.2, 0) is 6.61 Å². The second-order valence-corrected chi connectivity index (χ2v) is 5.88. The molecule has 0 aliphatic rings. The third kappa shape index (κ3) is 4.03. The highest BCUT2D eigenvalue weighted by atomic mass is 79.9. The highest BCUT2D eigenvalue weighted by Gasteiger charge is 2.08. The Labute approximate surface area is 140 Å². The Morgan fingerprint density at radius 2 is 1.95 bits per heavy atom. The minimum absolute atomic E-state index is 0.0144. The summed E-state index contributed by atoms with van der Waals surface area (Å²) < 4.78 is 6.54. The first-order valence-corrected chi connectivity index (χ1v) is 7.40. The summed E-state index contributed by atoms with van der Waals surface area (Å²) in [6.07, 6.45) is 0. The summed E-state index contributed by atoms with van der Waals surface area (Å²) in [6, 6.07) is 10.4. The first-order valence-electron chi connectivity index (χ1n) is 5.85. The van der Waals surface area contributed by atoms with E-state index in [0.29, 0.717) is 21.4 Å². The molecule has 2 aromatic carbocycles. The fraction of sp³-hybridized carbons (Fsp3) is 0.0714. The van der Waals surface area contributed by atoms with Gasteiger partial charge in [-0.3, -0.25) is 0 Å². The van der Waals surface area contributed by atoms with Gasteiger partial charge >= 0.3 is 0 Å². The normalized spacial score (nSPS) is 11.5. The molecule has 0 fully saturated rings. The lowest BCUT2D eigenvalue weighted by Crippen LogP contribution is -2.12. The molecule has 7 heteroatoms. The number of hydrogen-bond acceptors (Lipinski definition) is 3. The van der Waals surface area contributed by atoms with Gasteiger partial charge in [0.05, 0.1) is 5.02 Å². The molecule has 0 bridgehead atoms. The lowest BCUT2D eigenvalue weighted by molar-refractivity contribution is 0.306. The van der Waals surface area contributed by atoms with Gasteiger partial charge in [-0.1, -0.05) is 50.4 Å². The number of halogens is 3. The highest BCUT2D eigenvalue weighted by molar-refractivity contribution is 9.10. The van der Waals surface area contributed by atoms with Crippen LogP contribution < -0.4 is 10.5 Å². The number of rotatable bonds is 4. The molecule has 2 rings (SSSR count). The van der Waals surface area contributed by atoms with Crippen LogP contribution in [0.2, 0.25) is 10.0 Å². The molecule has 0 unspecified atom stereocenters. The topological polar surface area (TPSA) is 67.8 Å². The molecule has 0 heterocycles. The van der Waals surface area contributed by atoms with Gasteiger partial charge in [-0.15, -0.1) is 0 Å². The molecule has 3 N–H and O–H groups in total. The Morgan fingerprint density at radius 1 is 1.19 bits per heavy atom. The van der Waals surface area contributed by atoms with Gasteiger partial charge in [0.1, 0.15) is 12.4 Å². The highest BCUT2D eigenvalue weighted by Crippen LogP contribution is 2.28. The van der Waals surface area contributed by atoms with Crippen molar-refractivity contribution in [3.63, 3.8) is 0 Å². The van der Waals surface area contributed by atoms with Crippen LogP contribution in [0.1, 0.15) is 11.1 Å². The molecule has 21 heavy (non-hydrogen) atoms. The number of hydrogen-bond donors (Lipinski definition) is 2. The van der Waals surface area contributed by atoms with E-state index in [2.05, 4.69) is 21.1 Å². The maximum atomic E-state index is 8.62. The van der Waals surface area contributed by atoms with Gasteiger partial charge in [-0.25, -0.2) is 0 Å². The minimum Gasteiger partial charge on any atom is -0.487 e. The largest absolute Gasteiger partial charge is 0.487 e. The smallest absolute Gasteiger partial charge is 0.170 e. The third-order valence-corrected chi connectivity index (χ3v) is 3.87. The summed E-state index contributed by atoms with van der Waals surface area (Å²) in [5, 5.41) is 12.5. The number of amidine groups is 1. The zero-order valence-corrected chi connectivity index (χ0v) is 13.8. The monoisotopic (exact) mass is 388 g/mol. The molecule has 0 saturated heterocycles. The average molecular weight is 390 g/mol. The molecule has 0 aliphatic heterocycles. The molecule has 110 valence electrons. The predicted octanol–water partition coefficient (Wildman–Crippen LogP) is 4.43. The molecule has 0 saturated carbocycles. The lowest BCUT2D eigenvalue weighted by atomic mass is 10.2. The average Bonchev–Trinajstić information content (AvgIpc) is 2.46. The summed E-state index contributed by atoms with van der Waals surface area (Å²) in [4.78, 5) is 0. The van der Waals surface area contributed by atoms with Crippen molar-refractivity contribution in [1.29, 1.82) is 0 Å². The number of oxime groups is 1. The van der Waals surface area contributed by atoms with Crippen LogP contribution in [0.25, 0.3) is 0 Å². The Kier molecular flexibility index (Phi) is 5.33. The maximum absolute atomic E-state index is 8.62. The van der Waals surface area contributed by atoms with Crippen LogP contribution in [0.15, 0.2) is 46.0 Å². The molecule has 0 aliphatic carbocycles. The Hall–Kier alpha value is -1.43. The molecule has 4 nitrogen and oxygen atoms in total. The maximum Gasteiger partial charge on any atom is 0.170 e. The summed E-state index contributed by atoms with van der Waals surface area (Å²) in [5.41, 5.74) is 6.85. The fourth-order valence-electron chi connectivity index (χ4n) is 1.63. The molecule has 0 atom stereocenters. The molecular formula is C14H11BrCl2N2O2. The van der Waals surface area contributed by atoms with Crippen molar-refractivity contribution in [3.8, 4) is 5.75 Å². The van der Waals surface area contributed by atoms with Gasteiger partial charge in [0.2, 0.25) is 0 Å². The number of nitrogens with two attached hydrogens (primary N) is 1. The van der Waals surface area contributed by atoms with E-state index in [-0.39, 0.29) is 12.4 Å². The molecule has 0 amide bonds. The van der Waals surface area contributed by atoms with Gasteiger partial charge in [-0.05, 0) is 30.3 Å². The van der Waals surface area contributed by atoms with E-state index in [4.69, 9.17) is 38.9 Å². The van der Waals surface area contributed by atoms with Gasteiger partial charge in [-0.2, -0.15) is 0 Å². The van der Waals surface area contributed by atoms with Crippen LogP contribution in [-0.4, -0.2) is 11.0 Å². The van der Waals surface area contributed by atoms with Crippen LogP contribution in [0.4, 0.5) is 0 Å². The first-order chi connectivity index (χ1) is 10.0. The second-order valence-electron chi connectivity index (χ2n) is 4.15. The van der Waals surface area contributed by atoms with Crippen molar-refractivity contribution in [2.24, 2.45) is 10.9 Å². The van der Waals surface area contributed by atoms with Crippen molar-refractivity contribution in [1.82, 2.24) is 0 Å². The van der Waals surface area contributed by atoms with E-state index >= 15 is 0 Å². The first kappa shape index (κ1) is 15.9. The summed E-state index contributed by atoms with van der Waals surface area (Å²) in [6.45, 7) is 0.286. The molecule has 0 spiro atoms. The third-order valence-electron chi connectivity index (χ3n) is 2.73. The Balaban J connectivity index is 2.13. The number of nitrogens with zero attached hydrogens (tertiary/aromatic N) is 1. The van der Waals surface area contributed by atoms with Crippen LogP contribution in [0.3, 0.4) is 0 Å². The second kappa shape index (κ2) is 7.02. The standard InChI is InChI=1S/C14H11BrCl2N2O2/c15-10-3-1-9(11(16)6-10)7-21-13-4-2-8(5-12(13)17)14(18)19-20/h1-6,20H,7H2,(H2,18,19). The van der Waals surface area contributed by atoms with Crippen LogP contribution >= 0.6 is 39.1 Å². The van der Waals surface area contributed by atoms with Gasteiger partial charge in [0.15, 0.2) is 5.84 Å². The molecule has 0 aromatic heterocycles. The van der Waals surface area contributed by atoms with Gasteiger partial charge < -0.3 is 15.7 Å². The minimum atomic E-state index is -0.0144. The van der Waals surface area contributed by atoms with Crippen molar-refractivity contribution in [2.75, 3.05) is 0 Å². The molecule has 2 aromatic rings.